The molecule has 0 aliphatic carbocycles. The van der Waals surface area contributed by atoms with Gasteiger partial charge in [0.25, 0.3) is 0 Å². The molecule has 0 radical (unpaired) electrons. The van der Waals surface area contributed by atoms with Gasteiger partial charge in [-0.2, -0.15) is 0 Å². The highest BCUT2D eigenvalue weighted by molar-refractivity contribution is 5.76. The molecule has 0 aliphatic heterocycles. The molecule has 4 heteroatoms. The SMILES string of the molecule is CCCCN(CCCC)c1ccc(/C=C/c2ccc(/C=C/c3ccnc(-c4cc(/C=C/c5ccc(/C=C/c6ccc(N(CCCC)CCCC)cc6)cc5)ccn4)c3)cc2)cc1. The van der Waals surface area contributed by atoms with Crippen LogP contribution in [0.1, 0.15) is 124 Å². The van der Waals surface area contributed by atoms with E-state index in [2.05, 4.69) is 205 Å². The van der Waals surface area contributed by atoms with E-state index in [-0.39, 0.29) is 0 Å². The first-order valence-electron chi connectivity index (χ1n) is 23.1. The van der Waals surface area contributed by atoms with Gasteiger partial charge in [-0.3, -0.25) is 9.97 Å². The van der Waals surface area contributed by atoms with Gasteiger partial charge >= 0.3 is 0 Å². The van der Waals surface area contributed by atoms with Crippen molar-refractivity contribution in [2.24, 2.45) is 0 Å². The van der Waals surface area contributed by atoms with Crippen molar-refractivity contribution in [2.45, 2.75) is 79.1 Å². The van der Waals surface area contributed by atoms with E-state index in [4.69, 9.17) is 0 Å². The molecule has 0 spiro atoms. The molecule has 0 unspecified atom stereocenters. The summed E-state index contributed by atoms with van der Waals surface area (Å²) in [6.07, 6.45) is 30.9. The predicted molar refractivity (Wildman–Crippen MR) is 273 cm³/mol. The van der Waals surface area contributed by atoms with Crippen molar-refractivity contribution in [1.29, 1.82) is 0 Å². The van der Waals surface area contributed by atoms with E-state index in [1.165, 1.54) is 85.0 Å². The highest BCUT2D eigenvalue weighted by Gasteiger charge is 2.07. The summed E-state index contributed by atoms with van der Waals surface area (Å²) in [7, 11) is 0. The van der Waals surface area contributed by atoms with Crippen LogP contribution in [0.15, 0.2) is 134 Å². The molecule has 318 valence electrons. The van der Waals surface area contributed by atoms with Crippen molar-refractivity contribution >= 4 is 60.0 Å². The molecule has 0 N–H and O–H groups in total. The lowest BCUT2D eigenvalue weighted by molar-refractivity contribution is 0.678. The first-order valence-corrected chi connectivity index (χ1v) is 23.1. The molecule has 2 heterocycles. The van der Waals surface area contributed by atoms with E-state index in [0.29, 0.717) is 0 Å². The number of aromatic nitrogens is 2. The second kappa shape index (κ2) is 24.9. The Labute approximate surface area is 373 Å². The van der Waals surface area contributed by atoms with Crippen LogP contribution in [0.5, 0.6) is 0 Å². The van der Waals surface area contributed by atoms with E-state index in [0.717, 1.165) is 59.8 Å². The van der Waals surface area contributed by atoms with Crippen molar-refractivity contribution in [3.8, 4) is 11.4 Å². The smallest absolute Gasteiger partial charge is 0.0892 e. The molecule has 0 bridgehead atoms. The third-order valence-corrected chi connectivity index (χ3v) is 11.2. The monoisotopic (exact) mass is 819 g/mol. The van der Waals surface area contributed by atoms with Crippen LogP contribution in [0.25, 0.3) is 60.0 Å². The Bertz CT molecular complexity index is 2150. The summed E-state index contributed by atoms with van der Waals surface area (Å²) in [4.78, 5) is 14.4. The minimum atomic E-state index is 0.849. The van der Waals surface area contributed by atoms with Gasteiger partial charge < -0.3 is 9.80 Å². The number of anilines is 2. The molecule has 0 aliphatic rings. The van der Waals surface area contributed by atoms with E-state index in [9.17, 15) is 0 Å². The van der Waals surface area contributed by atoms with E-state index >= 15 is 0 Å². The average molecular weight is 819 g/mol. The zero-order valence-corrected chi connectivity index (χ0v) is 37.6. The maximum absolute atomic E-state index is 4.66. The largest absolute Gasteiger partial charge is 0.372 e. The minimum Gasteiger partial charge on any atom is -0.372 e. The molecule has 0 saturated carbocycles. The maximum Gasteiger partial charge on any atom is 0.0892 e. The second-order valence-electron chi connectivity index (χ2n) is 16.2. The molecule has 0 fully saturated rings. The van der Waals surface area contributed by atoms with Gasteiger partial charge in [-0.05, 0) is 119 Å². The van der Waals surface area contributed by atoms with Crippen molar-refractivity contribution < 1.29 is 0 Å². The second-order valence-corrected chi connectivity index (χ2v) is 16.2. The normalized spacial score (nSPS) is 11.7. The quantitative estimate of drug-likeness (QED) is 0.0603. The Balaban J connectivity index is 1.01. The Morgan fingerprint density at radius 1 is 0.323 bits per heavy atom. The molecule has 2 aromatic heterocycles. The third kappa shape index (κ3) is 14.4. The van der Waals surface area contributed by atoms with Gasteiger partial charge in [0, 0.05) is 49.9 Å². The molecule has 0 amide bonds. The molecule has 62 heavy (non-hydrogen) atoms. The zero-order valence-electron chi connectivity index (χ0n) is 37.6. The highest BCUT2D eigenvalue weighted by Crippen LogP contribution is 2.23. The number of benzene rings is 4. The fraction of sp³-hybridized carbons (Fsp3) is 0.276. The number of unbranched alkanes of at least 4 members (excludes halogenated alkanes) is 4. The van der Waals surface area contributed by atoms with E-state index < -0.39 is 0 Å². The average Bonchev–Trinajstić information content (AvgIpc) is 3.33. The van der Waals surface area contributed by atoms with Crippen LogP contribution in [0.4, 0.5) is 11.4 Å². The number of rotatable bonds is 23. The Hall–Kier alpha value is -6.26. The number of nitrogens with zero attached hydrogens (tertiary/aromatic N) is 4. The number of hydrogen-bond acceptors (Lipinski definition) is 4. The third-order valence-electron chi connectivity index (χ3n) is 11.2. The van der Waals surface area contributed by atoms with Gasteiger partial charge in [0.05, 0.1) is 11.4 Å². The fourth-order valence-electron chi connectivity index (χ4n) is 7.32. The Morgan fingerprint density at radius 3 is 0.823 bits per heavy atom. The molecule has 0 atom stereocenters. The fourth-order valence-corrected chi connectivity index (χ4v) is 7.32. The lowest BCUT2D eigenvalue weighted by atomic mass is 10.1. The summed E-state index contributed by atoms with van der Waals surface area (Å²) in [6.45, 7) is 13.6. The van der Waals surface area contributed by atoms with Gasteiger partial charge in [-0.1, -0.05) is 175 Å². The van der Waals surface area contributed by atoms with Crippen molar-refractivity contribution in [3.05, 3.63) is 178 Å². The summed E-state index contributed by atoms with van der Waals surface area (Å²) in [5.74, 6) is 0. The summed E-state index contributed by atoms with van der Waals surface area (Å²) in [5.41, 5.74) is 13.6. The molecule has 4 nitrogen and oxygen atoms in total. The van der Waals surface area contributed by atoms with Gasteiger partial charge in [0.15, 0.2) is 0 Å². The van der Waals surface area contributed by atoms with Crippen LogP contribution in [-0.2, 0) is 0 Å². The Morgan fingerprint density at radius 2 is 0.565 bits per heavy atom. The van der Waals surface area contributed by atoms with Crippen molar-refractivity contribution in [2.75, 3.05) is 36.0 Å². The van der Waals surface area contributed by atoms with Crippen LogP contribution in [0, 0.1) is 0 Å². The summed E-state index contributed by atoms with van der Waals surface area (Å²) in [6, 6.07) is 43.6. The van der Waals surface area contributed by atoms with Crippen LogP contribution in [0.2, 0.25) is 0 Å². The van der Waals surface area contributed by atoms with Crippen LogP contribution >= 0.6 is 0 Å². The van der Waals surface area contributed by atoms with Crippen LogP contribution in [0.3, 0.4) is 0 Å². The predicted octanol–water partition coefficient (Wildman–Crippen LogP) is 15.6. The van der Waals surface area contributed by atoms with Crippen molar-refractivity contribution in [1.82, 2.24) is 9.97 Å². The number of hydrogen-bond donors (Lipinski definition) is 0. The zero-order chi connectivity index (χ0) is 43.2. The van der Waals surface area contributed by atoms with Gasteiger partial charge in [0.2, 0.25) is 0 Å². The molecule has 6 rings (SSSR count). The highest BCUT2D eigenvalue weighted by atomic mass is 15.1. The topological polar surface area (TPSA) is 32.3 Å². The molecular formula is C58H66N4. The van der Waals surface area contributed by atoms with Crippen LogP contribution < -0.4 is 9.80 Å². The van der Waals surface area contributed by atoms with Crippen LogP contribution in [-0.4, -0.2) is 36.1 Å². The lowest BCUT2D eigenvalue weighted by Crippen LogP contribution is -2.25. The molecular weight excluding hydrogens is 753 g/mol. The summed E-state index contributed by atoms with van der Waals surface area (Å²) >= 11 is 0. The summed E-state index contributed by atoms with van der Waals surface area (Å²) < 4.78 is 0. The van der Waals surface area contributed by atoms with Gasteiger partial charge in [-0.15, -0.1) is 0 Å². The first-order chi connectivity index (χ1) is 30.5. The standard InChI is InChI=1S/C58H66N4/c1-5-9-41-61(42-10-6-2)55-33-29-51(30-34-55)23-21-47-13-17-49(18-14-47)25-27-53-37-39-59-57(45-53)58-46-54(38-40-60-58)28-26-50-19-15-48(16-20-50)22-24-52-31-35-56(36-32-52)62(43-11-7-3)44-12-8-4/h13-40,45-46H,5-12,41-44H2,1-4H3/b23-21+,24-22+,27-25+,28-26+. The molecule has 4 aromatic carbocycles. The number of pyridine rings is 2. The lowest BCUT2D eigenvalue weighted by Gasteiger charge is -2.24. The minimum absolute atomic E-state index is 0.849. The maximum atomic E-state index is 4.66. The Kier molecular flexibility index (Phi) is 18.2. The van der Waals surface area contributed by atoms with Gasteiger partial charge in [0.1, 0.15) is 0 Å². The van der Waals surface area contributed by atoms with E-state index in [1.807, 2.05) is 24.5 Å². The molecule has 6 aromatic rings. The van der Waals surface area contributed by atoms with Crippen molar-refractivity contribution in [3.63, 3.8) is 0 Å². The molecule has 0 saturated heterocycles. The summed E-state index contributed by atoms with van der Waals surface area (Å²) in [5, 5.41) is 0. The van der Waals surface area contributed by atoms with E-state index in [1.54, 1.807) is 0 Å². The first kappa shape index (κ1) is 45.3. The van der Waals surface area contributed by atoms with Gasteiger partial charge in [-0.25, -0.2) is 0 Å².